The normalized spacial score (nSPS) is 21.6. The van der Waals surface area contributed by atoms with Gasteiger partial charge in [-0.1, -0.05) is 12.1 Å². The third-order valence-electron chi connectivity index (χ3n) is 3.24. The lowest BCUT2D eigenvalue weighted by molar-refractivity contribution is -0.145. The Labute approximate surface area is 113 Å². The number of benzene rings is 1. The van der Waals surface area contributed by atoms with Crippen LogP contribution < -0.4 is 4.74 Å². The van der Waals surface area contributed by atoms with Crippen molar-refractivity contribution in [2.45, 2.75) is 31.8 Å². The van der Waals surface area contributed by atoms with E-state index in [0.717, 1.165) is 11.1 Å². The van der Waals surface area contributed by atoms with E-state index in [1.165, 1.54) is 0 Å². The van der Waals surface area contributed by atoms with E-state index in [9.17, 15) is 9.90 Å². The number of hydrogen-bond acceptors (Lipinski definition) is 4. The minimum absolute atomic E-state index is 0.0844. The van der Waals surface area contributed by atoms with Gasteiger partial charge in [0.1, 0.15) is 5.75 Å². The molecule has 0 spiro atoms. The van der Waals surface area contributed by atoms with Gasteiger partial charge < -0.3 is 14.6 Å². The summed E-state index contributed by atoms with van der Waals surface area (Å²) in [7, 11) is 0. The molecular formula is C15H19O4. The molecule has 4 heteroatoms. The van der Waals surface area contributed by atoms with Crippen molar-refractivity contribution in [3.05, 3.63) is 36.2 Å². The summed E-state index contributed by atoms with van der Waals surface area (Å²) in [6, 6.07) is 5.66. The molecule has 1 N–H and O–H groups in total. The summed E-state index contributed by atoms with van der Waals surface area (Å²) < 4.78 is 10.3. The molecule has 0 fully saturated rings. The van der Waals surface area contributed by atoms with Gasteiger partial charge in [-0.05, 0) is 43.9 Å². The molecule has 2 rings (SSSR count). The molecule has 19 heavy (non-hydrogen) atoms. The van der Waals surface area contributed by atoms with Gasteiger partial charge in [-0.25, -0.2) is 4.79 Å². The Morgan fingerprint density at radius 3 is 3.05 bits per heavy atom. The summed E-state index contributed by atoms with van der Waals surface area (Å²) in [6.45, 7) is 5.82. The van der Waals surface area contributed by atoms with E-state index in [2.05, 4.69) is 6.92 Å². The minimum Gasteiger partial charge on any atom is -0.482 e. The van der Waals surface area contributed by atoms with Gasteiger partial charge in [0, 0.05) is 6.42 Å². The quantitative estimate of drug-likeness (QED) is 0.840. The maximum Gasteiger partial charge on any atom is 0.344 e. The lowest BCUT2D eigenvalue weighted by atomic mass is 9.81. The molecule has 0 heterocycles. The number of hydrogen-bond donors (Lipinski definition) is 1. The minimum atomic E-state index is -0.896. The topological polar surface area (TPSA) is 55.8 Å². The first-order valence-electron chi connectivity index (χ1n) is 6.49. The molecular weight excluding hydrogens is 244 g/mol. The lowest BCUT2D eigenvalue weighted by Gasteiger charge is -2.30. The van der Waals surface area contributed by atoms with Crippen LogP contribution in [0.15, 0.2) is 18.2 Å². The molecule has 0 saturated carbocycles. The maximum absolute atomic E-state index is 11.3. The van der Waals surface area contributed by atoms with Crippen LogP contribution in [0.5, 0.6) is 5.75 Å². The molecule has 0 aromatic heterocycles. The summed E-state index contributed by atoms with van der Waals surface area (Å²) in [4.78, 5) is 11.3. The molecule has 4 nitrogen and oxygen atoms in total. The van der Waals surface area contributed by atoms with E-state index in [-0.39, 0.29) is 12.6 Å². The monoisotopic (exact) mass is 263 g/mol. The zero-order chi connectivity index (χ0) is 13.9. The highest BCUT2D eigenvalue weighted by Crippen LogP contribution is 2.33. The Balaban J connectivity index is 2.09. The van der Waals surface area contributed by atoms with Crippen molar-refractivity contribution < 1.29 is 19.4 Å². The van der Waals surface area contributed by atoms with Crippen LogP contribution in [0.4, 0.5) is 0 Å². The third kappa shape index (κ3) is 3.47. The van der Waals surface area contributed by atoms with Gasteiger partial charge in [0.25, 0.3) is 0 Å². The fourth-order valence-electron chi connectivity index (χ4n) is 2.34. The van der Waals surface area contributed by atoms with Crippen LogP contribution in [-0.2, 0) is 22.4 Å². The van der Waals surface area contributed by atoms with E-state index in [4.69, 9.17) is 9.47 Å². The van der Waals surface area contributed by atoms with Crippen molar-refractivity contribution in [2.24, 2.45) is 0 Å². The summed E-state index contributed by atoms with van der Waals surface area (Å²) in [6.07, 6.45) is 1.81. The molecule has 1 radical (unpaired) electrons. The van der Waals surface area contributed by atoms with Crippen LogP contribution in [0.25, 0.3) is 0 Å². The van der Waals surface area contributed by atoms with Crippen molar-refractivity contribution in [1.29, 1.82) is 0 Å². The Morgan fingerprint density at radius 2 is 2.32 bits per heavy atom. The first-order chi connectivity index (χ1) is 9.02. The zero-order valence-corrected chi connectivity index (χ0v) is 11.1. The molecule has 0 amide bonds. The predicted octanol–water partition coefficient (Wildman–Crippen LogP) is 1.68. The highest BCUT2D eigenvalue weighted by Gasteiger charge is 2.28. The number of rotatable bonds is 4. The number of esters is 1. The Kier molecular flexibility index (Phi) is 4.10. The van der Waals surface area contributed by atoms with Gasteiger partial charge in [0.15, 0.2) is 6.61 Å². The van der Waals surface area contributed by atoms with E-state index in [1.54, 1.807) is 6.92 Å². The van der Waals surface area contributed by atoms with Crippen LogP contribution in [0, 0.1) is 6.92 Å². The second-order valence-electron chi connectivity index (χ2n) is 4.89. The first kappa shape index (κ1) is 13.9. The largest absolute Gasteiger partial charge is 0.482 e. The molecule has 0 aliphatic heterocycles. The van der Waals surface area contributed by atoms with Crippen molar-refractivity contribution >= 4 is 5.97 Å². The lowest BCUT2D eigenvalue weighted by Crippen LogP contribution is -2.32. The molecule has 103 valence electrons. The molecule has 1 unspecified atom stereocenters. The van der Waals surface area contributed by atoms with E-state index >= 15 is 0 Å². The van der Waals surface area contributed by atoms with Crippen molar-refractivity contribution in [1.82, 2.24) is 0 Å². The number of carbonyl (C=O) groups is 1. The standard InChI is InChI=1S/C15H19O4/c1-3-18-14(16)10-19-13-6-4-5-11-9-15(2,17)8-7-12(11)13/h4-6,17H,2-3,7-10H2,1H3. The second-order valence-corrected chi connectivity index (χ2v) is 4.89. The van der Waals surface area contributed by atoms with Gasteiger partial charge in [-0.3, -0.25) is 0 Å². The van der Waals surface area contributed by atoms with Gasteiger partial charge in [0.2, 0.25) is 0 Å². The number of fused-ring (bicyclic) bond motifs is 1. The average Bonchev–Trinajstić information content (AvgIpc) is 2.35. The van der Waals surface area contributed by atoms with E-state index in [0.29, 0.717) is 31.6 Å². The highest BCUT2D eigenvalue weighted by atomic mass is 16.6. The van der Waals surface area contributed by atoms with Crippen LogP contribution in [0.1, 0.15) is 24.5 Å². The number of carbonyl (C=O) groups excluding carboxylic acids is 1. The molecule has 1 aliphatic rings. The van der Waals surface area contributed by atoms with E-state index < -0.39 is 5.60 Å². The number of aliphatic hydroxyl groups is 1. The van der Waals surface area contributed by atoms with Crippen LogP contribution in [0.2, 0.25) is 0 Å². The molecule has 1 aliphatic carbocycles. The Hall–Kier alpha value is -1.55. The van der Waals surface area contributed by atoms with E-state index in [1.807, 2.05) is 18.2 Å². The summed E-state index contributed by atoms with van der Waals surface area (Å²) in [5, 5.41) is 9.97. The summed E-state index contributed by atoms with van der Waals surface area (Å²) >= 11 is 0. The maximum atomic E-state index is 11.3. The fourth-order valence-corrected chi connectivity index (χ4v) is 2.34. The molecule has 1 aromatic carbocycles. The summed E-state index contributed by atoms with van der Waals surface area (Å²) in [5.41, 5.74) is 1.19. The molecule has 0 saturated heterocycles. The SMILES string of the molecule is [CH2]C1(O)CCc2c(cccc2OCC(=O)OCC)C1. The Bertz CT molecular complexity index is 465. The van der Waals surface area contributed by atoms with Crippen molar-refractivity contribution in [2.75, 3.05) is 13.2 Å². The van der Waals surface area contributed by atoms with Crippen LogP contribution in [0.3, 0.4) is 0 Å². The van der Waals surface area contributed by atoms with Gasteiger partial charge >= 0.3 is 5.97 Å². The average molecular weight is 263 g/mol. The van der Waals surface area contributed by atoms with Crippen molar-refractivity contribution in [3.63, 3.8) is 0 Å². The summed E-state index contributed by atoms with van der Waals surface area (Å²) in [5.74, 6) is 0.325. The van der Waals surface area contributed by atoms with Crippen molar-refractivity contribution in [3.8, 4) is 5.75 Å². The van der Waals surface area contributed by atoms with Gasteiger partial charge in [-0.15, -0.1) is 0 Å². The number of ether oxygens (including phenoxy) is 2. The molecule has 1 atom stereocenters. The van der Waals surface area contributed by atoms with Gasteiger partial charge in [-0.2, -0.15) is 0 Å². The van der Waals surface area contributed by atoms with Gasteiger partial charge in [0.05, 0.1) is 12.2 Å². The highest BCUT2D eigenvalue weighted by molar-refractivity contribution is 5.71. The van der Waals surface area contributed by atoms with Crippen LogP contribution >= 0.6 is 0 Å². The first-order valence-corrected chi connectivity index (χ1v) is 6.49. The fraction of sp³-hybridized carbons (Fsp3) is 0.467. The predicted molar refractivity (Wildman–Crippen MR) is 70.9 cm³/mol. The smallest absolute Gasteiger partial charge is 0.344 e. The Morgan fingerprint density at radius 1 is 1.53 bits per heavy atom. The van der Waals surface area contributed by atoms with Crippen LogP contribution in [-0.4, -0.2) is 29.9 Å². The third-order valence-corrected chi connectivity index (χ3v) is 3.24. The molecule has 0 bridgehead atoms. The zero-order valence-electron chi connectivity index (χ0n) is 11.1. The molecule has 1 aromatic rings. The second kappa shape index (κ2) is 5.61.